The third-order valence-corrected chi connectivity index (χ3v) is 3.96. The van der Waals surface area contributed by atoms with Gasteiger partial charge in [-0.15, -0.1) is 0 Å². The van der Waals surface area contributed by atoms with Crippen LogP contribution in [0.4, 0.5) is 8.78 Å². The normalized spacial score (nSPS) is 17.2. The minimum Gasteiger partial charge on any atom is -0.310 e. The van der Waals surface area contributed by atoms with Crippen molar-refractivity contribution in [2.45, 2.75) is 25.8 Å². The molecule has 2 aromatic rings. The van der Waals surface area contributed by atoms with Gasteiger partial charge in [-0.3, -0.25) is 0 Å². The third-order valence-electron chi connectivity index (χ3n) is 3.96. The van der Waals surface area contributed by atoms with Crippen LogP contribution in [-0.4, -0.2) is 6.54 Å². The number of hydrogen-bond acceptors (Lipinski definition) is 1. The Bertz CT molecular complexity index is 637. The minimum absolute atomic E-state index is 0.326. The summed E-state index contributed by atoms with van der Waals surface area (Å²) in [6.07, 6.45) is 1.91. The molecule has 1 unspecified atom stereocenters. The van der Waals surface area contributed by atoms with Gasteiger partial charge in [0.05, 0.1) is 0 Å². The van der Waals surface area contributed by atoms with Crippen LogP contribution in [0.3, 0.4) is 0 Å². The zero-order valence-corrected chi connectivity index (χ0v) is 11.4. The number of benzene rings is 2. The second kappa shape index (κ2) is 5.33. The quantitative estimate of drug-likeness (QED) is 0.882. The summed E-state index contributed by atoms with van der Waals surface area (Å²) in [6, 6.07) is 10.6. The van der Waals surface area contributed by atoms with Gasteiger partial charge in [-0.1, -0.05) is 37.3 Å². The fourth-order valence-corrected chi connectivity index (χ4v) is 3.08. The van der Waals surface area contributed by atoms with Crippen LogP contribution >= 0.6 is 0 Å². The molecule has 0 radical (unpaired) electrons. The Balaban J connectivity index is 2.11. The van der Waals surface area contributed by atoms with Crippen LogP contribution in [0.15, 0.2) is 36.4 Å². The predicted molar refractivity (Wildman–Crippen MR) is 76.5 cm³/mol. The van der Waals surface area contributed by atoms with Crippen LogP contribution in [0.1, 0.15) is 30.5 Å². The molecule has 0 fully saturated rings. The Hall–Kier alpha value is -1.74. The monoisotopic (exact) mass is 273 g/mol. The third kappa shape index (κ3) is 2.12. The summed E-state index contributed by atoms with van der Waals surface area (Å²) in [4.78, 5) is 0. The minimum atomic E-state index is -0.790. The van der Waals surface area contributed by atoms with Gasteiger partial charge >= 0.3 is 0 Å². The first kappa shape index (κ1) is 13.3. The summed E-state index contributed by atoms with van der Waals surface area (Å²) in [5, 5.41) is 3.44. The van der Waals surface area contributed by atoms with Gasteiger partial charge in [-0.05, 0) is 42.1 Å². The lowest BCUT2D eigenvalue weighted by Gasteiger charge is -2.14. The Morgan fingerprint density at radius 3 is 2.65 bits per heavy atom. The molecule has 1 atom stereocenters. The number of halogens is 2. The van der Waals surface area contributed by atoms with Gasteiger partial charge in [0.2, 0.25) is 0 Å². The van der Waals surface area contributed by atoms with Crippen LogP contribution < -0.4 is 5.32 Å². The fraction of sp³-hybridized carbons (Fsp3) is 0.294. The first-order valence-electron chi connectivity index (χ1n) is 7.02. The Labute approximate surface area is 117 Å². The molecule has 1 aliphatic rings. The lowest BCUT2D eigenvalue weighted by atomic mass is 9.96. The van der Waals surface area contributed by atoms with Crippen molar-refractivity contribution >= 4 is 0 Å². The second-order valence-electron chi connectivity index (χ2n) is 5.12. The summed E-state index contributed by atoms with van der Waals surface area (Å²) in [6.45, 7) is 2.98. The van der Waals surface area contributed by atoms with E-state index in [4.69, 9.17) is 0 Å². The molecule has 0 aliphatic heterocycles. The molecule has 0 saturated carbocycles. The molecule has 3 heteroatoms. The van der Waals surface area contributed by atoms with Gasteiger partial charge in [0, 0.05) is 11.6 Å². The van der Waals surface area contributed by atoms with Crippen molar-refractivity contribution in [3.05, 3.63) is 59.2 Å². The van der Waals surface area contributed by atoms with Gasteiger partial charge in [0.15, 0.2) is 11.6 Å². The van der Waals surface area contributed by atoms with E-state index in [2.05, 4.69) is 18.3 Å². The zero-order chi connectivity index (χ0) is 14.1. The zero-order valence-electron chi connectivity index (χ0n) is 11.4. The molecule has 104 valence electrons. The maximum atomic E-state index is 14.0. The highest BCUT2D eigenvalue weighted by atomic mass is 19.2. The van der Waals surface area contributed by atoms with Crippen molar-refractivity contribution in [1.82, 2.24) is 5.32 Å². The van der Waals surface area contributed by atoms with E-state index in [-0.39, 0.29) is 0 Å². The van der Waals surface area contributed by atoms with E-state index in [9.17, 15) is 8.78 Å². The molecule has 0 spiro atoms. The summed E-state index contributed by atoms with van der Waals surface area (Å²) in [5.74, 6) is -1.55. The highest BCUT2D eigenvalue weighted by Gasteiger charge is 2.25. The molecule has 3 rings (SSSR count). The number of rotatable bonds is 3. The molecule has 2 aromatic carbocycles. The van der Waals surface area contributed by atoms with Crippen LogP contribution in [0.25, 0.3) is 11.1 Å². The predicted octanol–water partition coefficient (Wildman–Crippen LogP) is 4.23. The van der Waals surface area contributed by atoms with E-state index in [0.29, 0.717) is 11.6 Å². The highest BCUT2D eigenvalue weighted by Crippen LogP contribution is 2.38. The van der Waals surface area contributed by atoms with Crippen LogP contribution in [0, 0.1) is 11.6 Å². The first-order valence-corrected chi connectivity index (χ1v) is 7.02. The lowest BCUT2D eigenvalue weighted by molar-refractivity contribution is 0.511. The van der Waals surface area contributed by atoms with Crippen molar-refractivity contribution in [2.24, 2.45) is 0 Å². The van der Waals surface area contributed by atoms with E-state index in [1.54, 1.807) is 12.1 Å². The van der Waals surface area contributed by atoms with Gasteiger partial charge in [-0.2, -0.15) is 0 Å². The maximum absolute atomic E-state index is 14.0. The molecule has 1 aliphatic carbocycles. The molecule has 0 amide bonds. The highest BCUT2D eigenvalue weighted by molar-refractivity contribution is 5.70. The molecular formula is C17H17F2N. The molecule has 1 N–H and O–H groups in total. The second-order valence-corrected chi connectivity index (χ2v) is 5.12. The van der Waals surface area contributed by atoms with Gasteiger partial charge in [0.25, 0.3) is 0 Å². The van der Waals surface area contributed by atoms with Gasteiger partial charge in [-0.25, -0.2) is 8.78 Å². The number of hydrogen-bond donors (Lipinski definition) is 1. The van der Waals surface area contributed by atoms with E-state index in [0.717, 1.165) is 36.6 Å². The van der Waals surface area contributed by atoms with Gasteiger partial charge in [0.1, 0.15) is 0 Å². The number of fused-ring (bicyclic) bond motifs is 1. The van der Waals surface area contributed by atoms with Crippen molar-refractivity contribution in [1.29, 1.82) is 0 Å². The van der Waals surface area contributed by atoms with Crippen LogP contribution in [0.2, 0.25) is 0 Å². The first-order chi connectivity index (χ1) is 9.72. The summed E-state index contributed by atoms with van der Waals surface area (Å²) in [5.41, 5.74) is 3.54. The summed E-state index contributed by atoms with van der Waals surface area (Å²) < 4.78 is 27.4. The van der Waals surface area contributed by atoms with E-state index in [1.165, 1.54) is 5.56 Å². The largest absolute Gasteiger partial charge is 0.310 e. The van der Waals surface area contributed by atoms with Gasteiger partial charge < -0.3 is 5.32 Å². The van der Waals surface area contributed by atoms with Crippen molar-refractivity contribution in [3.8, 4) is 11.1 Å². The summed E-state index contributed by atoms with van der Waals surface area (Å²) in [7, 11) is 0. The van der Waals surface area contributed by atoms with Crippen molar-refractivity contribution in [2.75, 3.05) is 6.54 Å². The SMILES string of the molecule is CCNC1CCc2c(-c3cccc(F)c3F)cccc21. The molecule has 0 heterocycles. The molecule has 0 saturated heterocycles. The fourth-order valence-electron chi connectivity index (χ4n) is 3.08. The molecule has 0 bridgehead atoms. The maximum Gasteiger partial charge on any atom is 0.166 e. The number of nitrogens with one attached hydrogen (secondary N) is 1. The Morgan fingerprint density at radius 1 is 1.10 bits per heavy atom. The molecule has 0 aromatic heterocycles. The average molecular weight is 273 g/mol. The van der Waals surface area contributed by atoms with Crippen LogP contribution in [0.5, 0.6) is 0 Å². The molecular weight excluding hydrogens is 256 g/mol. The van der Waals surface area contributed by atoms with Crippen LogP contribution in [-0.2, 0) is 6.42 Å². The molecule has 1 nitrogen and oxygen atoms in total. The van der Waals surface area contributed by atoms with E-state index < -0.39 is 11.6 Å². The Kier molecular flexibility index (Phi) is 3.53. The standard InChI is InChI=1S/C17H17F2N/c1-2-20-16-10-9-12-11(5-3-6-13(12)16)14-7-4-8-15(18)17(14)19/h3-8,16,20H,2,9-10H2,1H3. The smallest absolute Gasteiger partial charge is 0.166 e. The van der Waals surface area contributed by atoms with Crippen molar-refractivity contribution < 1.29 is 8.78 Å². The summed E-state index contributed by atoms with van der Waals surface area (Å²) >= 11 is 0. The average Bonchev–Trinajstić information content (AvgIpc) is 2.86. The lowest BCUT2D eigenvalue weighted by Crippen LogP contribution is -2.18. The van der Waals surface area contributed by atoms with Crippen molar-refractivity contribution in [3.63, 3.8) is 0 Å². The van der Waals surface area contributed by atoms with E-state index >= 15 is 0 Å². The Morgan fingerprint density at radius 2 is 1.85 bits per heavy atom. The molecule has 20 heavy (non-hydrogen) atoms. The van der Waals surface area contributed by atoms with E-state index in [1.807, 2.05) is 12.1 Å². The topological polar surface area (TPSA) is 12.0 Å².